The highest BCUT2D eigenvalue weighted by molar-refractivity contribution is 6.03. The van der Waals surface area contributed by atoms with Crippen LogP contribution in [0.1, 0.15) is 46.1 Å². The summed E-state index contributed by atoms with van der Waals surface area (Å²) in [4.78, 5) is 46.0. The lowest BCUT2D eigenvalue weighted by atomic mass is 9.98. The van der Waals surface area contributed by atoms with Gasteiger partial charge in [-0.25, -0.2) is 4.79 Å². The van der Waals surface area contributed by atoms with Crippen molar-refractivity contribution in [1.29, 1.82) is 5.41 Å². The van der Waals surface area contributed by atoms with Gasteiger partial charge in [0, 0.05) is 37.3 Å². The molecule has 1 unspecified atom stereocenters. The zero-order chi connectivity index (χ0) is 25.2. The predicted molar refractivity (Wildman–Crippen MR) is 132 cm³/mol. The van der Waals surface area contributed by atoms with Gasteiger partial charge in [0.1, 0.15) is 11.8 Å². The van der Waals surface area contributed by atoms with Gasteiger partial charge in [0.25, 0.3) is 5.91 Å². The molecule has 184 valence electrons. The largest absolute Gasteiger partial charge is 0.384 e. The average molecular weight is 487 g/mol. The van der Waals surface area contributed by atoms with Crippen LogP contribution >= 0.6 is 0 Å². The number of carbonyl (C=O) groups is 3. The van der Waals surface area contributed by atoms with Crippen LogP contribution in [0.3, 0.4) is 0 Å². The second-order valence-electron chi connectivity index (χ2n) is 8.82. The Bertz CT molecular complexity index is 1310. The number of β-lactam (4-membered cyclic amide) rings is 1. The molecule has 1 atom stereocenters. The number of amidine groups is 1. The van der Waals surface area contributed by atoms with Crippen LogP contribution in [-0.4, -0.2) is 67.9 Å². The van der Waals surface area contributed by atoms with Crippen LogP contribution in [0.5, 0.6) is 0 Å². The number of hydrogen-bond donors (Lipinski definition) is 3. The Hall–Kier alpha value is -4.54. The number of rotatable bonds is 6. The maximum atomic E-state index is 13.2. The second-order valence-corrected chi connectivity index (χ2v) is 8.82. The third kappa shape index (κ3) is 4.42. The van der Waals surface area contributed by atoms with Crippen LogP contribution in [0.2, 0.25) is 0 Å². The van der Waals surface area contributed by atoms with Gasteiger partial charge in [-0.2, -0.15) is 9.67 Å². The first-order chi connectivity index (χ1) is 17.4. The van der Waals surface area contributed by atoms with Crippen molar-refractivity contribution in [2.45, 2.75) is 25.3 Å². The highest BCUT2D eigenvalue weighted by Crippen LogP contribution is 2.29. The molecule has 3 aromatic rings. The van der Waals surface area contributed by atoms with E-state index in [1.54, 1.807) is 41.3 Å². The number of nitrogens with two attached hydrogens (primary N) is 1. The number of carbonyl (C=O) groups excluding carboxylic acids is 3. The maximum absolute atomic E-state index is 13.2. The summed E-state index contributed by atoms with van der Waals surface area (Å²) >= 11 is 0. The molecule has 3 heterocycles. The Labute approximate surface area is 207 Å². The minimum absolute atomic E-state index is 0.0187. The Morgan fingerprint density at radius 3 is 2.36 bits per heavy atom. The normalized spacial score (nSPS) is 17.1. The average Bonchev–Trinajstić information content (AvgIpc) is 3.57. The van der Waals surface area contributed by atoms with Crippen LogP contribution in [0.25, 0.3) is 0 Å². The number of anilines is 1. The van der Waals surface area contributed by atoms with Crippen LogP contribution in [0, 0.1) is 5.41 Å². The van der Waals surface area contributed by atoms with Gasteiger partial charge in [-0.1, -0.05) is 42.5 Å². The fraction of sp³-hybridized carbons (Fsp3) is 0.280. The van der Waals surface area contributed by atoms with Crippen molar-refractivity contribution < 1.29 is 14.4 Å². The molecule has 2 fully saturated rings. The van der Waals surface area contributed by atoms with Crippen LogP contribution in [0.15, 0.2) is 54.6 Å². The lowest BCUT2D eigenvalue weighted by molar-refractivity contribution is -0.139. The molecule has 0 bridgehead atoms. The van der Waals surface area contributed by atoms with Crippen molar-refractivity contribution in [3.05, 3.63) is 77.1 Å². The van der Waals surface area contributed by atoms with Crippen molar-refractivity contribution >= 4 is 29.6 Å². The number of nitrogens with zero attached hydrogens (tertiary/aromatic N) is 5. The van der Waals surface area contributed by atoms with Gasteiger partial charge in [-0.3, -0.25) is 19.9 Å². The van der Waals surface area contributed by atoms with E-state index in [1.165, 1.54) is 4.90 Å². The summed E-state index contributed by atoms with van der Waals surface area (Å²) in [6, 6.07) is 15.5. The third-order valence-corrected chi connectivity index (χ3v) is 6.40. The van der Waals surface area contributed by atoms with Gasteiger partial charge in [-0.05, 0) is 30.5 Å². The van der Waals surface area contributed by atoms with E-state index in [2.05, 4.69) is 15.4 Å². The molecule has 0 saturated carbocycles. The number of aromatic nitrogens is 3. The number of amides is 3. The van der Waals surface area contributed by atoms with Crippen molar-refractivity contribution in [3.63, 3.8) is 0 Å². The predicted octanol–water partition coefficient (Wildman–Crippen LogP) is 2.00. The first-order valence-corrected chi connectivity index (χ1v) is 11.8. The SMILES string of the molecule is N=C(N)c1ccc(CNc2nc(C3CN(C(=O)N4CCCC4)C3=O)nn2C(=O)c2ccccc2)cc1. The van der Waals surface area contributed by atoms with Crippen LogP contribution in [-0.2, 0) is 11.3 Å². The van der Waals surface area contributed by atoms with E-state index in [9.17, 15) is 14.4 Å². The highest BCUT2D eigenvalue weighted by atomic mass is 16.2. The minimum atomic E-state index is -0.684. The summed E-state index contributed by atoms with van der Waals surface area (Å²) in [7, 11) is 0. The molecule has 0 spiro atoms. The Kier molecular flexibility index (Phi) is 6.19. The van der Waals surface area contributed by atoms with Crippen LogP contribution < -0.4 is 11.1 Å². The highest BCUT2D eigenvalue weighted by Gasteiger charge is 2.46. The Balaban J connectivity index is 1.36. The quantitative estimate of drug-likeness (QED) is 0.274. The molecule has 2 aromatic carbocycles. The van der Waals surface area contributed by atoms with E-state index in [0.717, 1.165) is 23.1 Å². The molecule has 0 radical (unpaired) electrons. The van der Waals surface area contributed by atoms with Gasteiger partial charge in [0.15, 0.2) is 5.82 Å². The first-order valence-electron chi connectivity index (χ1n) is 11.8. The Morgan fingerprint density at radius 2 is 1.72 bits per heavy atom. The molecule has 36 heavy (non-hydrogen) atoms. The van der Waals surface area contributed by atoms with Gasteiger partial charge in [0.05, 0.1) is 0 Å². The van der Waals surface area contributed by atoms with Crippen LogP contribution in [0.4, 0.5) is 10.7 Å². The lowest BCUT2D eigenvalue weighted by Gasteiger charge is -2.37. The number of benzene rings is 2. The summed E-state index contributed by atoms with van der Waals surface area (Å²) in [5, 5.41) is 15.0. The first kappa shape index (κ1) is 23.2. The fourth-order valence-electron chi connectivity index (χ4n) is 4.29. The molecule has 2 aliphatic heterocycles. The third-order valence-electron chi connectivity index (χ3n) is 6.40. The molecule has 3 amide bonds. The maximum Gasteiger partial charge on any atom is 0.326 e. The topological polar surface area (TPSA) is 150 Å². The number of nitrogen functional groups attached to an aromatic ring is 1. The number of imide groups is 1. The Morgan fingerprint density at radius 1 is 1.03 bits per heavy atom. The smallest absolute Gasteiger partial charge is 0.326 e. The summed E-state index contributed by atoms with van der Waals surface area (Å²) in [6.45, 7) is 1.83. The molecule has 2 aliphatic rings. The molecule has 5 rings (SSSR count). The number of likely N-dealkylation sites (tertiary alicyclic amines) is 2. The second kappa shape index (κ2) is 9.61. The number of hydrogen-bond acceptors (Lipinski definition) is 7. The van der Waals surface area contributed by atoms with Gasteiger partial charge >= 0.3 is 6.03 Å². The van der Waals surface area contributed by atoms with Crippen molar-refractivity contribution in [3.8, 4) is 0 Å². The summed E-state index contributed by atoms with van der Waals surface area (Å²) in [6.07, 6.45) is 1.88. The summed E-state index contributed by atoms with van der Waals surface area (Å²) in [5.41, 5.74) is 7.43. The molecule has 2 saturated heterocycles. The van der Waals surface area contributed by atoms with E-state index in [0.29, 0.717) is 30.8 Å². The van der Waals surface area contributed by atoms with Gasteiger partial charge in [-0.15, -0.1) is 5.10 Å². The van der Waals surface area contributed by atoms with E-state index in [-0.39, 0.29) is 42.0 Å². The van der Waals surface area contributed by atoms with E-state index < -0.39 is 5.92 Å². The van der Waals surface area contributed by atoms with E-state index >= 15 is 0 Å². The van der Waals surface area contributed by atoms with Crippen molar-refractivity contribution in [2.24, 2.45) is 5.73 Å². The molecular weight excluding hydrogens is 460 g/mol. The zero-order valence-electron chi connectivity index (χ0n) is 19.6. The molecule has 11 heteroatoms. The standard InChI is InChI=1S/C25H26N8O3/c26-20(27)17-10-8-16(9-11-17)14-28-24-29-21(30-33(24)22(34)18-6-2-1-3-7-18)19-15-32(23(19)35)25(36)31-12-4-5-13-31/h1-3,6-11,19H,4-5,12-15H2,(H3,26,27)(H,28,29,30). The number of urea groups is 1. The minimum Gasteiger partial charge on any atom is -0.384 e. The van der Waals surface area contributed by atoms with Gasteiger partial charge < -0.3 is 16.0 Å². The van der Waals surface area contributed by atoms with E-state index in [1.807, 2.05) is 18.2 Å². The van der Waals surface area contributed by atoms with E-state index in [4.69, 9.17) is 11.1 Å². The van der Waals surface area contributed by atoms with Crippen molar-refractivity contribution in [2.75, 3.05) is 25.0 Å². The zero-order valence-corrected chi connectivity index (χ0v) is 19.6. The monoisotopic (exact) mass is 486 g/mol. The fourth-order valence-corrected chi connectivity index (χ4v) is 4.29. The molecule has 1 aromatic heterocycles. The molecule has 4 N–H and O–H groups in total. The summed E-state index contributed by atoms with van der Waals surface area (Å²) < 4.78 is 1.16. The number of nitrogens with one attached hydrogen (secondary N) is 2. The lowest BCUT2D eigenvalue weighted by Crippen LogP contribution is -2.57. The summed E-state index contributed by atoms with van der Waals surface area (Å²) in [5.74, 6) is -1.05. The van der Waals surface area contributed by atoms with Gasteiger partial charge in [0.2, 0.25) is 11.9 Å². The molecule has 0 aliphatic carbocycles. The molecule has 11 nitrogen and oxygen atoms in total. The molecular formula is C25H26N8O3. The van der Waals surface area contributed by atoms with Crippen molar-refractivity contribution in [1.82, 2.24) is 24.6 Å².